The van der Waals surface area contributed by atoms with Gasteiger partial charge in [0.2, 0.25) is 11.8 Å². The third-order valence-corrected chi connectivity index (χ3v) is 9.00. The molecule has 164 valence electrons. The molecule has 6 rings (SSSR count). The molecule has 1 saturated heterocycles. The van der Waals surface area contributed by atoms with Gasteiger partial charge in [-0.05, 0) is 43.0 Å². The quantitative estimate of drug-likeness (QED) is 0.716. The number of amides is 3. The van der Waals surface area contributed by atoms with E-state index in [0.29, 0.717) is 23.4 Å². The van der Waals surface area contributed by atoms with E-state index in [1.165, 1.54) is 15.3 Å². The Morgan fingerprint density at radius 1 is 1.00 bits per heavy atom. The largest absolute Gasteiger partial charge is 0.322 e. The van der Waals surface area contributed by atoms with Crippen molar-refractivity contribution >= 4 is 33.4 Å². The Kier molecular flexibility index (Phi) is 3.90. The van der Waals surface area contributed by atoms with E-state index in [1.807, 2.05) is 24.3 Å². The van der Waals surface area contributed by atoms with E-state index in [9.17, 15) is 22.8 Å². The highest BCUT2D eigenvalue weighted by molar-refractivity contribution is 7.93. The number of anilines is 1. The summed E-state index contributed by atoms with van der Waals surface area (Å²) in [6.45, 7) is 0.430. The second-order valence-corrected chi connectivity index (χ2v) is 10.8. The van der Waals surface area contributed by atoms with Crippen molar-refractivity contribution in [2.24, 2.45) is 0 Å². The van der Waals surface area contributed by atoms with Crippen LogP contribution < -0.4 is 9.62 Å². The molecule has 2 aromatic rings. The molecule has 3 amide bonds. The highest BCUT2D eigenvalue weighted by Crippen LogP contribution is 2.57. The zero-order valence-electron chi connectivity index (χ0n) is 17.2. The third-order valence-electron chi connectivity index (χ3n) is 7.15. The number of sulfonamides is 1. The average Bonchev–Trinajstić information content (AvgIpc) is 3.38. The van der Waals surface area contributed by atoms with Crippen LogP contribution in [0, 0.1) is 0 Å². The summed E-state index contributed by atoms with van der Waals surface area (Å²) in [5.74, 6) is -1.26. The van der Waals surface area contributed by atoms with Gasteiger partial charge in [0.15, 0.2) is 0 Å². The summed E-state index contributed by atoms with van der Waals surface area (Å²) < 4.78 is 29.2. The molecule has 1 saturated carbocycles. The predicted molar refractivity (Wildman–Crippen MR) is 114 cm³/mol. The minimum atomic E-state index is -3.91. The van der Waals surface area contributed by atoms with Crippen molar-refractivity contribution < 1.29 is 22.8 Å². The van der Waals surface area contributed by atoms with Crippen molar-refractivity contribution in [3.8, 4) is 0 Å². The van der Waals surface area contributed by atoms with Crippen LogP contribution in [0.4, 0.5) is 5.69 Å². The van der Waals surface area contributed by atoms with Crippen molar-refractivity contribution in [2.75, 3.05) is 10.8 Å². The van der Waals surface area contributed by atoms with E-state index in [2.05, 4.69) is 5.32 Å². The van der Waals surface area contributed by atoms with E-state index in [4.69, 9.17) is 0 Å². The van der Waals surface area contributed by atoms with Gasteiger partial charge in [-0.1, -0.05) is 24.3 Å². The lowest BCUT2D eigenvalue weighted by Crippen LogP contribution is -2.52. The van der Waals surface area contributed by atoms with Gasteiger partial charge < -0.3 is 4.90 Å². The SMILES string of the molecule is O=C1CCC(N2Cc3c(cccc3S(=O)(=O)N3CC4(CC4)c4ccccc43)C2=O)C(=O)N1. The molecule has 2 aromatic carbocycles. The minimum Gasteiger partial charge on any atom is -0.322 e. The van der Waals surface area contributed by atoms with Crippen molar-refractivity contribution in [2.45, 2.75) is 48.6 Å². The van der Waals surface area contributed by atoms with E-state index in [-0.39, 0.29) is 41.5 Å². The molecule has 0 radical (unpaired) electrons. The van der Waals surface area contributed by atoms with Crippen molar-refractivity contribution in [1.29, 1.82) is 0 Å². The van der Waals surface area contributed by atoms with E-state index in [1.54, 1.807) is 12.1 Å². The first kappa shape index (κ1) is 19.5. The molecule has 1 atom stereocenters. The average molecular weight is 452 g/mol. The van der Waals surface area contributed by atoms with E-state index in [0.717, 1.165) is 18.4 Å². The van der Waals surface area contributed by atoms with Gasteiger partial charge in [-0.15, -0.1) is 0 Å². The summed E-state index contributed by atoms with van der Waals surface area (Å²) in [5.41, 5.74) is 2.38. The second-order valence-electron chi connectivity index (χ2n) is 8.99. The number of fused-ring (bicyclic) bond motifs is 3. The van der Waals surface area contributed by atoms with Crippen LogP contribution in [0.15, 0.2) is 47.4 Å². The molecule has 1 N–H and O–H groups in total. The number of hydrogen-bond acceptors (Lipinski definition) is 5. The zero-order valence-corrected chi connectivity index (χ0v) is 18.0. The van der Waals surface area contributed by atoms with Gasteiger partial charge in [0.25, 0.3) is 15.9 Å². The van der Waals surface area contributed by atoms with Gasteiger partial charge >= 0.3 is 0 Å². The second kappa shape index (κ2) is 6.41. The summed E-state index contributed by atoms with van der Waals surface area (Å²) in [6.07, 6.45) is 2.30. The third kappa shape index (κ3) is 2.60. The Morgan fingerprint density at radius 2 is 1.78 bits per heavy atom. The summed E-state index contributed by atoms with van der Waals surface area (Å²) >= 11 is 0. The molecule has 1 aliphatic carbocycles. The summed E-state index contributed by atoms with van der Waals surface area (Å²) in [4.78, 5) is 38.4. The summed E-state index contributed by atoms with van der Waals surface area (Å²) in [7, 11) is -3.91. The Hall–Kier alpha value is -3.20. The van der Waals surface area contributed by atoms with Crippen molar-refractivity contribution in [3.05, 3.63) is 59.2 Å². The van der Waals surface area contributed by atoms with Crippen LogP contribution in [0.3, 0.4) is 0 Å². The number of nitrogens with zero attached hydrogens (tertiary/aromatic N) is 2. The lowest BCUT2D eigenvalue weighted by Gasteiger charge is -2.29. The first-order valence-electron chi connectivity index (χ1n) is 10.7. The monoisotopic (exact) mass is 451 g/mol. The Morgan fingerprint density at radius 3 is 2.53 bits per heavy atom. The molecule has 32 heavy (non-hydrogen) atoms. The van der Waals surface area contributed by atoms with Crippen LogP contribution in [-0.4, -0.2) is 43.6 Å². The lowest BCUT2D eigenvalue weighted by atomic mass is 9.99. The highest BCUT2D eigenvalue weighted by atomic mass is 32.2. The number of hydrogen-bond donors (Lipinski definition) is 1. The Labute approximate surface area is 185 Å². The van der Waals surface area contributed by atoms with Crippen LogP contribution >= 0.6 is 0 Å². The molecular formula is C23H21N3O5S. The van der Waals surface area contributed by atoms with Crippen molar-refractivity contribution in [1.82, 2.24) is 10.2 Å². The maximum Gasteiger partial charge on any atom is 0.264 e. The summed E-state index contributed by atoms with van der Waals surface area (Å²) in [5, 5.41) is 2.27. The van der Waals surface area contributed by atoms with Crippen LogP contribution in [0.5, 0.6) is 0 Å². The Bertz CT molecular complexity index is 1310. The number of rotatable bonds is 3. The fourth-order valence-electron chi connectivity index (χ4n) is 5.30. The normalized spacial score (nSPS) is 23.4. The predicted octanol–water partition coefficient (Wildman–Crippen LogP) is 1.69. The Balaban J connectivity index is 1.39. The molecule has 9 heteroatoms. The minimum absolute atomic E-state index is 0.0243. The molecule has 3 heterocycles. The number of para-hydroxylation sites is 1. The van der Waals surface area contributed by atoms with Gasteiger partial charge in [-0.25, -0.2) is 8.42 Å². The molecule has 0 aromatic heterocycles. The maximum absolute atomic E-state index is 13.8. The molecule has 0 bridgehead atoms. The van der Waals surface area contributed by atoms with Crippen LogP contribution in [0.2, 0.25) is 0 Å². The van der Waals surface area contributed by atoms with Gasteiger partial charge in [0, 0.05) is 36.1 Å². The lowest BCUT2D eigenvalue weighted by molar-refractivity contribution is -0.136. The van der Waals surface area contributed by atoms with Gasteiger partial charge in [0.05, 0.1) is 10.6 Å². The zero-order chi connectivity index (χ0) is 22.3. The first-order valence-corrected chi connectivity index (χ1v) is 12.1. The standard InChI is InChI=1S/C23H21N3O5S/c27-20-9-8-18(21(28)24-20)25-12-15-14(22(25)29)4-3-7-19(15)32(30,31)26-13-23(10-11-23)16-5-1-2-6-17(16)26/h1-7,18H,8-13H2,(H,24,27,28). The molecule has 3 aliphatic heterocycles. The number of nitrogens with one attached hydrogen (secondary N) is 1. The summed E-state index contributed by atoms with van der Waals surface area (Å²) in [6, 6.07) is 11.5. The number of imide groups is 1. The fraction of sp³-hybridized carbons (Fsp3) is 0.348. The molecule has 1 unspecified atom stereocenters. The van der Waals surface area contributed by atoms with Gasteiger partial charge in [-0.2, -0.15) is 0 Å². The molecular weight excluding hydrogens is 430 g/mol. The fourth-order valence-corrected chi connectivity index (χ4v) is 7.10. The van der Waals surface area contributed by atoms with Gasteiger partial charge in [-0.3, -0.25) is 24.0 Å². The van der Waals surface area contributed by atoms with E-state index >= 15 is 0 Å². The smallest absolute Gasteiger partial charge is 0.264 e. The number of carbonyl (C=O) groups excluding carboxylic acids is 3. The van der Waals surface area contributed by atoms with Gasteiger partial charge in [0.1, 0.15) is 6.04 Å². The maximum atomic E-state index is 13.8. The van der Waals surface area contributed by atoms with E-state index < -0.39 is 22.0 Å². The molecule has 8 nitrogen and oxygen atoms in total. The number of piperidine rings is 1. The molecule has 4 aliphatic rings. The van der Waals surface area contributed by atoms with Crippen molar-refractivity contribution in [3.63, 3.8) is 0 Å². The molecule has 1 spiro atoms. The van der Waals surface area contributed by atoms with Crippen LogP contribution in [-0.2, 0) is 31.6 Å². The first-order chi connectivity index (χ1) is 15.3. The number of benzene rings is 2. The topological polar surface area (TPSA) is 104 Å². The van der Waals surface area contributed by atoms with Crippen LogP contribution in [0.25, 0.3) is 0 Å². The molecule has 2 fully saturated rings. The number of carbonyl (C=O) groups is 3. The highest BCUT2D eigenvalue weighted by Gasteiger charge is 2.54. The van der Waals surface area contributed by atoms with Crippen LogP contribution in [0.1, 0.15) is 47.2 Å².